The summed E-state index contributed by atoms with van der Waals surface area (Å²) >= 11 is 0. The normalized spacial score (nSPS) is 23.2. The van der Waals surface area contributed by atoms with Crippen molar-refractivity contribution in [2.24, 2.45) is 5.92 Å². The molecule has 8 heteroatoms. The van der Waals surface area contributed by atoms with Gasteiger partial charge in [-0.2, -0.15) is 17.4 Å². The lowest BCUT2D eigenvalue weighted by atomic mass is 10.0. The minimum atomic E-state index is -3.81. The summed E-state index contributed by atoms with van der Waals surface area (Å²) in [6.45, 7) is 0.804. The Balaban J connectivity index is 2.80. The van der Waals surface area contributed by atoms with E-state index >= 15 is 0 Å². The lowest BCUT2D eigenvalue weighted by Crippen LogP contribution is -2.60. The first-order valence-corrected chi connectivity index (χ1v) is 7.45. The Morgan fingerprint density at radius 1 is 1.28 bits per heavy atom. The maximum Gasteiger partial charge on any atom is 0.280 e. The van der Waals surface area contributed by atoms with Crippen molar-refractivity contribution in [1.82, 2.24) is 9.03 Å². The average Bonchev–Trinajstić information content (AvgIpc) is 2.36. The third-order valence-electron chi connectivity index (χ3n) is 3.21. The highest BCUT2D eigenvalue weighted by Crippen LogP contribution is 2.19. The van der Waals surface area contributed by atoms with Crippen LogP contribution in [-0.4, -0.2) is 66.5 Å². The summed E-state index contributed by atoms with van der Waals surface area (Å²) in [5.41, 5.74) is -1.61. The Hall–Kier alpha value is -0.250. The molecule has 0 spiro atoms. The lowest BCUT2D eigenvalue weighted by molar-refractivity contribution is 0.0565. The average molecular weight is 282 g/mol. The number of nitrogens with zero attached hydrogens (tertiary/aromatic N) is 1. The highest BCUT2D eigenvalue weighted by molar-refractivity contribution is 7.87. The van der Waals surface area contributed by atoms with Crippen LogP contribution in [0.15, 0.2) is 0 Å². The zero-order chi connectivity index (χ0) is 13.8. The van der Waals surface area contributed by atoms with Crippen LogP contribution in [0, 0.1) is 5.92 Å². The van der Waals surface area contributed by atoms with Gasteiger partial charge in [-0.05, 0) is 18.8 Å². The number of hydrogen-bond donors (Lipinski definition) is 4. The standard InChI is InChI=1S/C10H22N2O5S/c1-9-3-2-4-12(5-9)18(16,17)11-10(6-13,7-14)8-15/h9,11,13-15H,2-8H2,1H3. The van der Waals surface area contributed by atoms with E-state index in [1.807, 2.05) is 6.92 Å². The number of piperidine rings is 1. The van der Waals surface area contributed by atoms with Gasteiger partial charge < -0.3 is 15.3 Å². The highest BCUT2D eigenvalue weighted by atomic mass is 32.2. The van der Waals surface area contributed by atoms with Crippen molar-refractivity contribution in [3.05, 3.63) is 0 Å². The van der Waals surface area contributed by atoms with Crippen molar-refractivity contribution in [1.29, 1.82) is 0 Å². The van der Waals surface area contributed by atoms with Gasteiger partial charge in [-0.1, -0.05) is 6.92 Å². The maximum absolute atomic E-state index is 12.1. The fraction of sp³-hybridized carbons (Fsp3) is 1.00. The second-order valence-electron chi connectivity index (χ2n) is 4.97. The fourth-order valence-corrected chi connectivity index (χ4v) is 3.64. The SMILES string of the molecule is CC1CCCN(S(=O)(=O)NC(CO)(CO)CO)C1. The molecule has 0 aromatic heterocycles. The van der Waals surface area contributed by atoms with E-state index in [9.17, 15) is 8.42 Å². The molecule has 1 aliphatic rings. The molecule has 0 aliphatic carbocycles. The Morgan fingerprint density at radius 2 is 1.83 bits per heavy atom. The number of aliphatic hydroxyl groups is 3. The molecule has 0 aromatic carbocycles. The van der Waals surface area contributed by atoms with Gasteiger partial charge in [0.1, 0.15) is 5.54 Å². The predicted molar refractivity (Wildman–Crippen MR) is 66.0 cm³/mol. The van der Waals surface area contributed by atoms with Crippen LogP contribution in [0.3, 0.4) is 0 Å². The molecule has 4 N–H and O–H groups in total. The molecule has 1 unspecified atom stereocenters. The van der Waals surface area contributed by atoms with Gasteiger partial charge in [-0.3, -0.25) is 0 Å². The number of nitrogens with one attached hydrogen (secondary N) is 1. The van der Waals surface area contributed by atoms with Gasteiger partial charge in [0.2, 0.25) is 0 Å². The first kappa shape index (κ1) is 15.8. The van der Waals surface area contributed by atoms with Crippen LogP contribution in [-0.2, 0) is 10.2 Å². The number of rotatable bonds is 6. The molecule has 1 heterocycles. The highest BCUT2D eigenvalue weighted by Gasteiger charge is 2.37. The van der Waals surface area contributed by atoms with Gasteiger partial charge in [-0.25, -0.2) is 0 Å². The maximum atomic E-state index is 12.1. The second-order valence-corrected chi connectivity index (χ2v) is 6.64. The van der Waals surface area contributed by atoms with Crippen LogP contribution >= 0.6 is 0 Å². The topological polar surface area (TPSA) is 110 Å². The van der Waals surface area contributed by atoms with Gasteiger partial charge in [0.15, 0.2) is 0 Å². The van der Waals surface area contributed by atoms with Gasteiger partial charge >= 0.3 is 0 Å². The fourth-order valence-electron chi connectivity index (χ4n) is 1.95. The van der Waals surface area contributed by atoms with Gasteiger partial charge in [0.25, 0.3) is 10.2 Å². The van der Waals surface area contributed by atoms with Crippen molar-refractivity contribution < 1.29 is 23.7 Å². The third-order valence-corrected chi connectivity index (χ3v) is 4.92. The molecule has 18 heavy (non-hydrogen) atoms. The molecule has 1 saturated heterocycles. The Labute approximate surface area is 108 Å². The van der Waals surface area contributed by atoms with Crippen molar-refractivity contribution in [2.45, 2.75) is 25.3 Å². The molecule has 1 rings (SSSR count). The smallest absolute Gasteiger partial charge is 0.280 e. The minimum Gasteiger partial charge on any atom is -0.394 e. The van der Waals surface area contributed by atoms with Crippen LogP contribution in [0.4, 0.5) is 0 Å². The van der Waals surface area contributed by atoms with Crippen molar-refractivity contribution in [3.63, 3.8) is 0 Å². The Bertz CT molecular complexity index is 347. The van der Waals surface area contributed by atoms with Crippen LogP contribution in [0.5, 0.6) is 0 Å². The van der Waals surface area contributed by atoms with Crippen LogP contribution in [0.25, 0.3) is 0 Å². The molecule has 0 radical (unpaired) electrons. The van der Waals surface area contributed by atoms with Crippen molar-refractivity contribution >= 4 is 10.2 Å². The third kappa shape index (κ3) is 3.62. The summed E-state index contributed by atoms with van der Waals surface area (Å²) in [6, 6.07) is 0. The van der Waals surface area contributed by atoms with E-state index in [2.05, 4.69) is 4.72 Å². The predicted octanol–water partition coefficient (Wildman–Crippen LogP) is -1.73. The van der Waals surface area contributed by atoms with E-state index in [-0.39, 0.29) is 5.92 Å². The van der Waals surface area contributed by atoms with E-state index < -0.39 is 35.6 Å². The van der Waals surface area contributed by atoms with Gasteiger partial charge in [0, 0.05) is 13.1 Å². The molecule has 1 aliphatic heterocycles. The molecule has 1 atom stereocenters. The summed E-state index contributed by atoms with van der Waals surface area (Å²) in [4.78, 5) is 0. The molecule has 7 nitrogen and oxygen atoms in total. The quantitative estimate of drug-likeness (QED) is 0.463. The number of hydrogen-bond acceptors (Lipinski definition) is 5. The zero-order valence-electron chi connectivity index (χ0n) is 10.5. The first-order chi connectivity index (χ1) is 8.39. The monoisotopic (exact) mass is 282 g/mol. The van der Waals surface area contributed by atoms with Crippen LogP contribution in [0.2, 0.25) is 0 Å². The van der Waals surface area contributed by atoms with Gasteiger partial charge in [0.05, 0.1) is 19.8 Å². The molecule has 0 bridgehead atoms. The summed E-state index contributed by atoms with van der Waals surface area (Å²) in [5.74, 6) is 0.280. The Kier molecular flexibility index (Phi) is 5.50. The van der Waals surface area contributed by atoms with Crippen LogP contribution in [0.1, 0.15) is 19.8 Å². The Morgan fingerprint density at radius 3 is 2.28 bits per heavy atom. The molecule has 0 aromatic rings. The van der Waals surface area contributed by atoms with E-state index in [1.54, 1.807) is 0 Å². The summed E-state index contributed by atoms with van der Waals surface area (Å²) in [5, 5.41) is 27.4. The minimum absolute atomic E-state index is 0.280. The number of aliphatic hydroxyl groups excluding tert-OH is 3. The van der Waals surface area contributed by atoms with Crippen LogP contribution < -0.4 is 4.72 Å². The first-order valence-electron chi connectivity index (χ1n) is 6.01. The second kappa shape index (κ2) is 6.27. The molecule has 0 saturated carbocycles. The van der Waals surface area contributed by atoms with Crippen molar-refractivity contribution in [2.75, 3.05) is 32.9 Å². The molecule has 1 fully saturated rings. The molecule has 108 valence electrons. The zero-order valence-corrected chi connectivity index (χ0v) is 11.4. The summed E-state index contributed by atoms with van der Waals surface area (Å²) < 4.78 is 27.7. The summed E-state index contributed by atoms with van der Waals surface area (Å²) in [7, 11) is -3.81. The largest absolute Gasteiger partial charge is 0.394 e. The molecule has 0 amide bonds. The summed E-state index contributed by atoms with van der Waals surface area (Å²) in [6.07, 6.45) is 1.77. The van der Waals surface area contributed by atoms with E-state index in [0.29, 0.717) is 13.1 Å². The molecular weight excluding hydrogens is 260 g/mol. The van der Waals surface area contributed by atoms with Gasteiger partial charge in [-0.15, -0.1) is 0 Å². The van der Waals surface area contributed by atoms with E-state index in [4.69, 9.17) is 15.3 Å². The van der Waals surface area contributed by atoms with E-state index in [1.165, 1.54) is 4.31 Å². The molecular formula is C10H22N2O5S. The van der Waals surface area contributed by atoms with Crippen molar-refractivity contribution in [3.8, 4) is 0 Å². The van der Waals surface area contributed by atoms with E-state index in [0.717, 1.165) is 12.8 Å². The lowest BCUT2D eigenvalue weighted by Gasteiger charge is -2.35.